The van der Waals surface area contributed by atoms with Crippen molar-refractivity contribution in [3.8, 4) is 22.8 Å². The van der Waals surface area contributed by atoms with Crippen LogP contribution in [0.3, 0.4) is 0 Å². The van der Waals surface area contributed by atoms with Crippen molar-refractivity contribution in [2.75, 3.05) is 6.79 Å². The van der Waals surface area contributed by atoms with Crippen molar-refractivity contribution < 1.29 is 9.47 Å². The first kappa shape index (κ1) is 10.0. The maximum atomic E-state index is 5.55. The van der Waals surface area contributed by atoms with Gasteiger partial charge in [-0.3, -0.25) is 0 Å². The number of hydrogen-bond acceptors (Lipinski definition) is 5. The van der Waals surface area contributed by atoms with Crippen LogP contribution >= 0.6 is 0 Å². The summed E-state index contributed by atoms with van der Waals surface area (Å²) in [6.07, 6.45) is 1.52. The van der Waals surface area contributed by atoms with Gasteiger partial charge in [-0.1, -0.05) is 0 Å². The summed E-state index contributed by atoms with van der Waals surface area (Å²) in [6, 6.07) is 7.60. The van der Waals surface area contributed by atoms with Crippen molar-refractivity contribution in [2.24, 2.45) is 5.73 Å². The molecule has 86 valence electrons. The predicted octanol–water partition coefficient (Wildman–Crippen LogP) is 1.33. The van der Waals surface area contributed by atoms with Gasteiger partial charge in [-0.25, -0.2) is 9.97 Å². The first-order valence-corrected chi connectivity index (χ1v) is 5.28. The molecule has 1 aromatic heterocycles. The van der Waals surface area contributed by atoms with Crippen molar-refractivity contribution in [3.05, 3.63) is 36.3 Å². The fraction of sp³-hybridized carbons (Fsp3) is 0.167. The fourth-order valence-corrected chi connectivity index (χ4v) is 1.72. The third kappa shape index (κ3) is 1.81. The number of fused-ring (bicyclic) bond motifs is 1. The number of ether oxygens (including phenoxy) is 2. The van der Waals surface area contributed by atoms with E-state index in [2.05, 4.69) is 9.97 Å². The molecule has 0 fully saturated rings. The van der Waals surface area contributed by atoms with Crippen LogP contribution in [-0.2, 0) is 6.54 Å². The molecule has 0 saturated carbocycles. The Morgan fingerprint density at radius 1 is 1.12 bits per heavy atom. The number of rotatable bonds is 2. The van der Waals surface area contributed by atoms with Crippen LogP contribution in [0.15, 0.2) is 30.6 Å². The molecule has 2 aromatic rings. The summed E-state index contributed by atoms with van der Waals surface area (Å²) in [4.78, 5) is 8.28. The summed E-state index contributed by atoms with van der Waals surface area (Å²) < 4.78 is 10.6. The van der Waals surface area contributed by atoms with Crippen LogP contribution in [0.4, 0.5) is 0 Å². The molecular weight excluding hydrogens is 218 g/mol. The number of aromatic nitrogens is 2. The zero-order valence-corrected chi connectivity index (χ0v) is 9.09. The molecule has 0 saturated heterocycles. The molecule has 3 rings (SSSR count). The molecule has 0 radical (unpaired) electrons. The van der Waals surface area contributed by atoms with Gasteiger partial charge in [0.25, 0.3) is 0 Å². The molecule has 1 aromatic carbocycles. The smallest absolute Gasteiger partial charge is 0.231 e. The second kappa shape index (κ2) is 4.03. The monoisotopic (exact) mass is 229 g/mol. The van der Waals surface area contributed by atoms with Crippen LogP contribution in [-0.4, -0.2) is 16.8 Å². The molecule has 0 atom stereocenters. The predicted molar refractivity (Wildman–Crippen MR) is 61.5 cm³/mol. The van der Waals surface area contributed by atoms with Crippen LogP contribution in [0.25, 0.3) is 11.3 Å². The van der Waals surface area contributed by atoms with Crippen LogP contribution in [0.2, 0.25) is 0 Å². The van der Waals surface area contributed by atoms with Gasteiger partial charge >= 0.3 is 0 Å². The summed E-state index contributed by atoms with van der Waals surface area (Å²) in [5.41, 5.74) is 8.16. The van der Waals surface area contributed by atoms with Crippen LogP contribution in [0.5, 0.6) is 11.5 Å². The molecule has 1 aliphatic heterocycles. The second-order valence-corrected chi connectivity index (χ2v) is 3.67. The number of benzene rings is 1. The molecular formula is C12H11N3O2. The van der Waals surface area contributed by atoms with E-state index in [0.717, 1.165) is 28.5 Å². The molecule has 1 aliphatic rings. The first-order chi connectivity index (χ1) is 8.36. The zero-order chi connectivity index (χ0) is 11.7. The molecule has 0 amide bonds. The van der Waals surface area contributed by atoms with Crippen molar-refractivity contribution in [1.29, 1.82) is 0 Å². The Morgan fingerprint density at radius 2 is 2.00 bits per heavy atom. The highest BCUT2D eigenvalue weighted by atomic mass is 16.7. The van der Waals surface area contributed by atoms with E-state index in [0.29, 0.717) is 6.54 Å². The molecule has 0 spiro atoms. The third-order valence-electron chi connectivity index (χ3n) is 2.60. The summed E-state index contributed by atoms with van der Waals surface area (Å²) in [5.74, 6) is 1.51. The molecule has 0 aliphatic carbocycles. The molecule has 2 N–H and O–H groups in total. The minimum Gasteiger partial charge on any atom is -0.454 e. The standard InChI is InChI=1S/C12H11N3O2/c13-5-9-4-10(15-6-14-9)8-1-2-11-12(3-8)17-7-16-11/h1-4,6H,5,7,13H2. The number of hydrogen-bond donors (Lipinski definition) is 1. The van der Waals surface area contributed by atoms with Crippen LogP contribution < -0.4 is 15.2 Å². The lowest BCUT2D eigenvalue weighted by molar-refractivity contribution is 0.174. The molecule has 17 heavy (non-hydrogen) atoms. The van der Waals surface area contributed by atoms with Crippen LogP contribution in [0.1, 0.15) is 5.69 Å². The van der Waals surface area contributed by atoms with E-state index in [-0.39, 0.29) is 6.79 Å². The zero-order valence-electron chi connectivity index (χ0n) is 9.09. The number of nitrogens with zero attached hydrogens (tertiary/aromatic N) is 2. The van der Waals surface area contributed by atoms with Crippen molar-refractivity contribution in [3.63, 3.8) is 0 Å². The lowest BCUT2D eigenvalue weighted by Gasteiger charge is -2.03. The van der Waals surface area contributed by atoms with Gasteiger partial charge in [0.15, 0.2) is 11.5 Å². The summed E-state index contributed by atoms with van der Waals surface area (Å²) >= 11 is 0. The Bertz CT molecular complexity index is 557. The Kier molecular flexibility index (Phi) is 2.38. The van der Waals surface area contributed by atoms with E-state index in [4.69, 9.17) is 15.2 Å². The quantitative estimate of drug-likeness (QED) is 0.841. The van der Waals surface area contributed by atoms with E-state index in [1.54, 1.807) is 0 Å². The lowest BCUT2D eigenvalue weighted by Crippen LogP contribution is -2.00. The Labute approximate surface area is 98.2 Å². The van der Waals surface area contributed by atoms with Crippen molar-refractivity contribution in [1.82, 2.24) is 9.97 Å². The Morgan fingerprint density at radius 3 is 2.88 bits per heavy atom. The Balaban J connectivity index is 2.03. The van der Waals surface area contributed by atoms with Gasteiger partial charge in [-0.05, 0) is 24.3 Å². The fourth-order valence-electron chi connectivity index (χ4n) is 1.72. The Hall–Kier alpha value is -2.14. The molecule has 0 unspecified atom stereocenters. The van der Waals surface area contributed by atoms with Gasteiger partial charge in [0.2, 0.25) is 6.79 Å². The van der Waals surface area contributed by atoms with Gasteiger partial charge in [-0.15, -0.1) is 0 Å². The van der Waals surface area contributed by atoms with Gasteiger partial charge in [0, 0.05) is 12.1 Å². The van der Waals surface area contributed by atoms with Gasteiger partial charge in [0.05, 0.1) is 11.4 Å². The maximum Gasteiger partial charge on any atom is 0.231 e. The average molecular weight is 229 g/mol. The van der Waals surface area contributed by atoms with Crippen molar-refractivity contribution in [2.45, 2.75) is 6.54 Å². The SMILES string of the molecule is NCc1cc(-c2ccc3c(c2)OCO3)ncn1. The van der Waals surface area contributed by atoms with E-state index < -0.39 is 0 Å². The van der Waals surface area contributed by atoms with E-state index in [1.165, 1.54) is 6.33 Å². The van der Waals surface area contributed by atoms with Gasteiger partial charge in [0.1, 0.15) is 6.33 Å². The second-order valence-electron chi connectivity index (χ2n) is 3.67. The van der Waals surface area contributed by atoms with E-state index in [9.17, 15) is 0 Å². The minimum absolute atomic E-state index is 0.274. The summed E-state index contributed by atoms with van der Waals surface area (Å²) in [7, 11) is 0. The molecule has 5 heteroatoms. The minimum atomic E-state index is 0.274. The van der Waals surface area contributed by atoms with E-state index in [1.807, 2.05) is 24.3 Å². The maximum absolute atomic E-state index is 5.55. The highest BCUT2D eigenvalue weighted by Gasteiger charge is 2.14. The van der Waals surface area contributed by atoms with E-state index >= 15 is 0 Å². The third-order valence-corrected chi connectivity index (χ3v) is 2.60. The normalized spacial score (nSPS) is 12.8. The average Bonchev–Trinajstić information content (AvgIpc) is 2.86. The molecule has 0 bridgehead atoms. The summed E-state index contributed by atoms with van der Waals surface area (Å²) in [5, 5.41) is 0. The lowest BCUT2D eigenvalue weighted by atomic mass is 10.1. The van der Waals surface area contributed by atoms with Crippen LogP contribution in [0, 0.1) is 0 Å². The topological polar surface area (TPSA) is 70.3 Å². The molecule has 2 heterocycles. The molecule has 5 nitrogen and oxygen atoms in total. The number of nitrogens with two attached hydrogens (primary N) is 1. The highest BCUT2D eigenvalue weighted by molar-refractivity contribution is 5.64. The largest absolute Gasteiger partial charge is 0.454 e. The summed E-state index contributed by atoms with van der Waals surface area (Å²) in [6.45, 7) is 0.677. The van der Waals surface area contributed by atoms with Crippen molar-refractivity contribution >= 4 is 0 Å². The first-order valence-electron chi connectivity index (χ1n) is 5.28. The van der Waals surface area contributed by atoms with Gasteiger partial charge in [-0.2, -0.15) is 0 Å². The van der Waals surface area contributed by atoms with Gasteiger partial charge < -0.3 is 15.2 Å². The highest BCUT2D eigenvalue weighted by Crippen LogP contribution is 2.35.